The quantitative estimate of drug-likeness (QED) is 0.0191. The summed E-state index contributed by atoms with van der Waals surface area (Å²) in [5, 5.41) is 11.0. The van der Waals surface area contributed by atoms with Crippen LogP contribution in [0.25, 0.3) is 0 Å². The third kappa shape index (κ3) is 86.3. The minimum Gasteiger partial charge on any atom is -0.756 e. The van der Waals surface area contributed by atoms with E-state index in [4.69, 9.17) is 27.6 Å². The van der Waals surface area contributed by atoms with Gasteiger partial charge >= 0.3 is 77.1 Å². The van der Waals surface area contributed by atoms with Gasteiger partial charge < -0.3 is 58.6 Å². The van der Waals surface area contributed by atoms with Gasteiger partial charge in [-0.3, -0.25) is 28.3 Å². The largest absolute Gasteiger partial charge is 1.00 e. The Bertz CT molecular complexity index is 2070. The maximum Gasteiger partial charge on any atom is 1.00 e. The molecule has 0 bridgehead atoms. The average Bonchev–Trinajstić information content (AvgIpc) is 0.897. The first-order valence-electron chi connectivity index (χ1n) is 47.7. The number of esters is 2. The molecule has 4 amide bonds. The molecule has 114 heavy (non-hydrogen) atoms. The predicted molar refractivity (Wildman–Crippen MR) is 461 cm³/mol. The molecule has 6 atom stereocenters. The Morgan fingerprint density at radius 1 is 0.281 bits per heavy atom. The number of carbonyl (C=O) groups excluding carboxylic acids is 5. The van der Waals surface area contributed by atoms with E-state index in [0.29, 0.717) is 38.5 Å². The molecule has 0 aliphatic heterocycles. The molecule has 0 saturated carbocycles. The number of ether oxygens (including phenoxy) is 2. The van der Waals surface area contributed by atoms with Crippen LogP contribution in [0.1, 0.15) is 491 Å². The van der Waals surface area contributed by atoms with Crippen LogP contribution in [0.4, 0.5) is 4.79 Å². The van der Waals surface area contributed by atoms with E-state index in [9.17, 15) is 42.9 Å². The summed E-state index contributed by atoms with van der Waals surface area (Å²) >= 11 is 0. The second kappa shape index (κ2) is 90.1. The number of hydrogen-bond acceptors (Lipinski definition) is 15. The van der Waals surface area contributed by atoms with E-state index in [1.54, 1.807) is 0 Å². The van der Waals surface area contributed by atoms with Crippen LogP contribution < -0.4 is 90.2 Å². The summed E-state index contributed by atoms with van der Waals surface area (Å²) in [4.78, 5) is 93.8. The van der Waals surface area contributed by atoms with Crippen molar-refractivity contribution in [1.82, 2.24) is 21.3 Å². The molecule has 0 aromatic carbocycles. The molecule has 0 aliphatic rings. The van der Waals surface area contributed by atoms with Crippen molar-refractivity contribution in [3.05, 3.63) is 0 Å². The molecule has 0 heterocycles. The van der Waals surface area contributed by atoms with Crippen molar-refractivity contribution >= 4 is 45.4 Å². The number of hydrogen-bond donors (Lipinski definition) is 4. The van der Waals surface area contributed by atoms with Gasteiger partial charge in [0.15, 0.2) is 0 Å². The Morgan fingerprint density at radius 2 is 0.482 bits per heavy atom. The number of nitrogens with one attached hydrogen (secondary N) is 4. The second-order valence-corrected chi connectivity index (χ2v) is 35.8. The molecule has 0 aromatic heterocycles. The number of phosphoric acid groups is 2. The van der Waals surface area contributed by atoms with Gasteiger partial charge in [-0.2, -0.15) is 0 Å². The summed E-state index contributed by atoms with van der Waals surface area (Å²) in [7, 11) is -9.99. The van der Waals surface area contributed by atoms with Crippen LogP contribution >= 0.6 is 15.6 Å². The number of rotatable bonds is 90. The molecular weight excluding hydrogens is 1500 g/mol. The number of unbranched alkanes of at least 4 members (excludes halogenated alkanes) is 56. The average molecular weight is 1680 g/mol. The van der Waals surface area contributed by atoms with Crippen molar-refractivity contribution in [1.29, 1.82) is 0 Å². The number of urea groups is 1. The summed E-state index contributed by atoms with van der Waals surface area (Å²) in [5.74, 6) is -1.04. The maximum atomic E-state index is 13.6. The molecular formula is C91H178N4Na2O15P2. The Labute approximate surface area is 745 Å². The summed E-state index contributed by atoms with van der Waals surface area (Å²) in [6, 6.07) is -2.36. The summed E-state index contributed by atoms with van der Waals surface area (Å²) in [6.45, 7) is 11.0. The Kier molecular flexibility index (Phi) is 92.9. The van der Waals surface area contributed by atoms with Gasteiger partial charge in [0, 0.05) is 51.6 Å². The minimum atomic E-state index is -5.00. The van der Waals surface area contributed by atoms with Gasteiger partial charge in [-0.05, 0) is 51.4 Å². The molecule has 23 heteroatoms. The van der Waals surface area contributed by atoms with E-state index < -0.39 is 72.4 Å². The zero-order chi connectivity index (χ0) is 82.0. The van der Waals surface area contributed by atoms with Crippen LogP contribution in [0, 0.1) is 0 Å². The first kappa shape index (κ1) is 118. The molecule has 664 valence electrons. The summed E-state index contributed by atoms with van der Waals surface area (Å²) in [6.07, 6.45) is 72.6. The number of phosphoric ester groups is 2. The first-order chi connectivity index (χ1) is 54.5. The summed E-state index contributed by atoms with van der Waals surface area (Å²) < 4.78 is 60.3. The normalized spacial score (nSPS) is 13.5. The van der Waals surface area contributed by atoms with Gasteiger partial charge in [-0.15, -0.1) is 0 Å². The maximum absolute atomic E-state index is 13.6. The topological polar surface area (TPSA) is 269 Å². The number of amides is 4. The smallest absolute Gasteiger partial charge is 0.756 e. The van der Waals surface area contributed by atoms with Gasteiger partial charge in [0.05, 0.1) is 38.5 Å². The molecule has 0 fully saturated rings. The van der Waals surface area contributed by atoms with E-state index in [-0.39, 0.29) is 122 Å². The van der Waals surface area contributed by atoms with E-state index in [2.05, 4.69) is 62.8 Å². The van der Waals surface area contributed by atoms with Gasteiger partial charge in [0.1, 0.15) is 12.2 Å². The van der Waals surface area contributed by atoms with Gasteiger partial charge in [0.2, 0.25) is 11.8 Å². The number of carbonyl (C=O) groups is 5. The Balaban J connectivity index is -0.0000616. The molecule has 19 nitrogen and oxygen atoms in total. The van der Waals surface area contributed by atoms with Crippen molar-refractivity contribution in [3.63, 3.8) is 0 Å². The molecule has 0 saturated heterocycles. The van der Waals surface area contributed by atoms with E-state index in [0.717, 1.165) is 141 Å². The Morgan fingerprint density at radius 3 is 0.711 bits per heavy atom. The van der Waals surface area contributed by atoms with Crippen LogP contribution in [-0.4, -0.2) is 93.6 Å². The van der Waals surface area contributed by atoms with Crippen LogP contribution in [-0.2, 0) is 55.9 Å². The Hall–Kier alpha value is -0.630. The van der Waals surface area contributed by atoms with E-state index >= 15 is 0 Å². The second-order valence-electron chi connectivity index (χ2n) is 32.9. The third-order valence-electron chi connectivity index (χ3n) is 21.8. The van der Waals surface area contributed by atoms with Crippen LogP contribution in [0.15, 0.2) is 0 Å². The predicted octanol–water partition coefficient (Wildman–Crippen LogP) is 19.5. The molecule has 0 radical (unpaired) electrons. The van der Waals surface area contributed by atoms with E-state index in [1.165, 1.54) is 244 Å². The van der Waals surface area contributed by atoms with Gasteiger partial charge in [-0.1, -0.05) is 401 Å². The SMILES string of the molecule is CCCCCCCCCCCCCCC(=O)OC(CCCCCCCCCC)CC(COP(=O)([O-])OCCNC(=O)NCCOP(=O)([O-])OCC(CC(CCCCCCCCCC)OC(=O)CCCCCCCCCCCCCC)NC(=O)CCCCCCCCCCCCC)NC(=O)CCCCCCCCCCCCC.[Na+].[Na+]. The van der Waals surface area contributed by atoms with Gasteiger partial charge in [-0.25, -0.2) is 4.79 Å². The monoisotopic (exact) mass is 1680 g/mol. The van der Waals surface area contributed by atoms with Crippen molar-refractivity contribution in [2.24, 2.45) is 0 Å². The molecule has 0 aromatic rings. The zero-order valence-electron chi connectivity index (χ0n) is 75.6. The van der Waals surface area contributed by atoms with Crippen molar-refractivity contribution < 1.29 is 130 Å². The zero-order valence-corrected chi connectivity index (χ0v) is 81.4. The van der Waals surface area contributed by atoms with Gasteiger partial charge in [0.25, 0.3) is 15.6 Å². The van der Waals surface area contributed by atoms with Crippen LogP contribution in [0.3, 0.4) is 0 Å². The third-order valence-corrected chi connectivity index (χ3v) is 23.7. The fraction of sp³-hybridized carbons (Fsp3) is 0.945. The fourth-order valence-corrected chi connectivity index (χ4v) is 16.3. The molecule has 4 N–H and O–H groups in total. The first-order valence-corrected chi connectivity index (χ1v) is 50.6. The van der Waals surface area contributed by atoms with E-state index in [1.807, 2.05) is 0 Å². The molecule has 0 spiro atoms. The molecule has 0 rings (SSSR count). The van der Waals surface area contributed by atoms with Crippen molar-refractivity contribution in [2.75, 3.05) is 39.5 Å². The van der Waals surface area contributed by atoms with Crippen molar-refractivity contribution in [2.45, 2.75) is 515 Å². The molecule has 6 unspecified atom stereocenters. The van der Waals surface area contributed by atoms with Crippen LogP contribution in [0.5, 0.6) is 0 Å². The van der Waals surface area contributed by atoms with Crippen molar-refractivity contribution in [3.8, 4) is 0 Å². The minimum absolute atomic E-state index is 0. The fourth-order valence-electron chi connectivity index (χ4n) is 14.8. The van der Waals surface area contributed by atoms with Crippen LogP contribution in [0.2, 0.25) is 0 Å². The molecule has 0 aliphatic carbocycles. The standard InChI is InChI=1S/C91H180N4O15P2.2Na/c1-7-13-19-25-31-37-41-45-49-55-61-67-73-89(98)109-85(69-63-57-51-35-29-23-17-11-5)79-83(94-87(96)71-65-59-53-47-43-39-33-27-21-15-9-3)81-107-111(101,102)105-77-75-92-91(100)93-76-78-106-112(103,104)108-82-84(95-88(97)72-66-60-54-48-44-40-34-28-22-16-10-4)80-86(70-64-58-52-36-30-24-18-12-6)110-90(99)74-68-62-56-50-46-42-38-32-26-20-14-8-2;;/h83-86H,7-82H2,1-6H3,(H,94,96)(H,95,97)(H,101,102)(H,103,104)(H2,92,93,100);;/q;2*+1/p-2. The summed E-state index contributed by atoms with van der Waals surface area (Å²) in [5.41, 5.74) is 0.